The van der Waals surface area contributed by atoms with Crippen molar-refractivity contribution in [3.05, 3.63) is 40.2 Å². The van der Waals surface area contributed by atoms with E-state index in [-0.39, 0.29) is 0 Å². The summed E-state index contributed by atoms with van der Waals surface area (Å²) < 4.78 is 22.8. The summed E-state index contributed by atoms with van der Waals surface area (Å²) in [7, 11) is -3.19. The molecule has 2 aromatic rings. The predicted molar refractivity (Wildman–Crippen MR) is 89.5 cm³/mol. The quantitative estimate of drug-likeness (QED) is 0.846. The van der Waals surface area contributed by atoms with E-state index in [1.807, 2.05) is 17.5 Å². The molecule has 0 aliphatic heterocycles. The molecular weight excluding hydrogens is 302 g/mol. The Morgan fingerprint density at radius 1 is 1.14 bits per heavy atom. The zero-order valence-corrected chi connectivity index (χ0v) is 14.7. The van der Waals surface area contributed by atoms with Gasteiger partial charge in [0.25, 0.3) is 0 Å². The molecule has 114 valence electrons. The van der Waals surface area contributed by atoms with E-state index in [0.29, 0.717) is 10.9 Å². The summed E-state index contributed by atoms with van der Waals surface area (Å²) in [5.41, 5.74) is 3.14. The molecule has 0 amide bonds. The van der Waals surface area contributed by atoms with Crippen molar-refractivity contribution in [1.82, 2.24) is 4.98 Å². The van der Waals surface area contributed by atoms with Crippen LogP contribution in [0.5, 0.6) is 0 Å². The highest BCUT2D eigenvalue weighted by molar-refractivity contribution is 7.91. The van der Waals surface area contributed by atoms with Crippen LogP contribution in [0.15, 0.2) is 29.6 Å². The van der Waals surface area contributed by atoms with Gasteiger partial charge in [0.2, 0.25) is 0 Å². The number of rotatable bonds is 4. The first-order chi connectivity index (χ1) is 9.63. The summed E-state index contributed by atoms with van der Waals surface area (Å²) in [4.78, 5) is 4.53. The van der Waals surface area contributed by atoms with Crippen LogP contribution in [0.25, 0.3) is 11.3 Å². The molecule has 0 spiro atoms. The fourth-order valence-electron chi connectivity index (χ4n) is 1.88. The van der Waals surface area contributed by atoms with Crippen molar-refractivity contribution in [3.8, 4) is 11.3 Å². The average Bonchev–Trinajstić information content (AvgIpc) is 2.87. The van der Waals surface area contributed by atoms with Crippen molar-refractivity contribution >= 4 is 21.2 Å². The lowest BCUT2D eigenvalue weighted by Gasteiger charge is -2.19. The Hall–Kier alpha value is -1.20. The first-order valence-electron chi connectivity index (χ1n) is 6.89. The van der Waals surface area contributed by atoms with Crippen molar-refractivity contribution in [1.29, 1.82) is 0 Å². The van der Waals surface area contributed by atoms with Crippen molar-refractivity contribution in [2.45, 2.75) is 38.4 Å². The molecule has 0 atom stereocenters. The van der Waals surface area contributed by atoms with Crippen LogP contribution in [-0.2, 0) is 14.6 Å². The van der Waals surface area contributed by atoms with E-state index in [1.54, 1.807) is 13.8 Å². The third-order valence-corrected chi connectivity index (χ3v) is 7.16. The smallest absolute Gasteiger partial charge is 0.159 e. The average molecular weight is 323 g/mol. The number of benzene rings is 1. The Morgan fingerprint density at radius 2 is 1.71 bits per heavy atom. The molecule has 0 aliphatic rings. The largest absolute Gasteiger partial charge is 0.240 e. The maximum Gasteiger partial charge on any atom is 0.159 e. The minimum absolute atomic E-state index is 0.495. The first-order valence-corrected chi connectivity index (χ1v) is 9.66. The molecule has 2 rings (SSSR count). The van der Waals surface area contributed by atoms with E-state index in [1.165, 1.54) is 23.2 Å². The van der Waals surface area contributed by atoms with Crippen molar-refractivity contribution < 1.29 is 8.42 Å². The summed E-state index contributed by atoms with van der Waals surface area (Å²) in [6.07, 6.45) is 1.26. The molecule has 0 N–H and O–H groups in total. The third-order valence-electron chi connectivity index (χ3n) is 3.82. The standard InChI is InChI=1S/C16H21NO2S2/c1-11(2)12-6-8-13(9-7-12)14-10-20-15(17-14)16(3,4)21(5,18)19/h6-11H,1-5H3. The van der Waals surface area contributed by atoms with Gasteiger partial charge in [-0.3, -0.25) is 0 Å². The third kappa shape index (κ3) is 3.19. The fourth-order valence-corrected chi connectivity index (χ4v) is 3.69. The van der Waals surface area contributed by atoms with Gasteiger partial charge in [-0.2, -0.15) is 0 Å². The van der Waals surface area contributed by atoms with E-state index in [2.05, 4.69) is 31.0 Å². The molecule has 1 aromatic carbocycles. The van der Waals surface area contributed by atoms with Crippen LogP contribution in [0.1, 0.15) is 44.2 Å². The summed E-state index contributed by atoms with van der Waals surface area (Å²) in [5.74, 6) is 0.495. The molecule has 3 nitrogen and oxygen atoms in total. The van der Waals surface area contributed by atoms with Gasteiger partial charge in [-0.1, -0.05) is 38.1 Å². The summed E-state index contributed by atoms with van der Waals surface area (Å²) >= 11 is 1.40. The highest BCUT2D eigenvalue weighted by Gasteiger charge is 2.35. The normalized spacial score (nSPS) is 12.9. The van der Waals surface area contributed by atoms with Crippen LogP contribution in [0, 0.1) is 0 Å². The first kappa shape index (κ1) is 16.2. The number of nitrogens with zero attached hydrogens (tertiary/aromatic N) is 1. The SMILES string of the molecule is CC(C)c1ccc(-c2csc(C(C)(C)S(C)(=O)=O)n2)cc1. The van der Waals surface area contributed by atoms with Gasteiger partial charge in [-0.05, 0) is 25.3 Å². The van der Waals surface area contributed by atoms with E-state index < -0.39 is 14.6 Å². The zero-order chi connectivity index (χ0) is 15.8. The van der Waals surface area contributed by atoms with Crippen LogP contribution >= 0.6 is 11.3 Å². The second kappa shape index (κ2) is 5.54. The molecule has 0 radical (unpaired) electrons. The van der Waals surface area contributed by atoms with Crippen LogP contribution < -0.4 is 0 Å². The number of sulfone groups is 1. The molecule has 21 heavy (non-hydrogen) atoms. The molecule has 1 heterocycles. The van der Waals surface area contributed by atoms with Gasteiger partial charge in [-0.25, -0.2) is 13.4 Å². The Morgan fingerprint density at radius 3 is 2.19 bits per heavy atom. The molecule has 0 saturated heterocycles. The highest BCUT2D eigenvalue weighted by atomic mass is 32.2. The molecule has 0 fully saturated rings. The molecule has 0 bridgehead atoms. The molecule has 0 unspecified atom stereocenters. The van der Waals surface area contributed by atoms with Gasteiger partial charge in [-0.15, -0.1) is 11.3 Å². The number of hydrogen-bond acceptors (Lipinski definition) is 4. The minimum Gasteiger partial charge on any atom is -0.240 e. The fraction of sp³-hybridized carbons (Fsp3) is 0.438. The van der Waals surface area contributed by atoms with E-state index in [9.17, 15) is 8.42 Å². The van der Waals surface area contributed by atoms with Crippen molar-refractivity contribution in [2.75, 3.05) is 6.26 Å². The number of aromatic nitrogens is 1. The summed E-state index contributed by atoms with van der Waals surface area (Å²) in [6, 6.07) is 8.28. The molecular formula is C16H21NO2S2. The Bertz CT molecular complexity index is 726. The van der Waals surface area contributed by atoms with Gasteiger partial charge >= 0.3 is 0 Å². The van der Waals surface area contributed by atoms with E-state index >= 15 is 0 Å². The summed E-state index contributed by atoms with van der Waals surface area (Å²) in [6.45, 7) is 7.72. The molecule has 1 aromatic heterocycles. The second-order valence-electron chi connectivity index (χ2n) is 6.10. The monoisotopic (exact) mass is 323 g/mol. The predicted octanol–water partition coefficient (Wildman–Crippen LogP) is 4.21. The van der Waals surface area contributed by atoms with Gasteiger partial charge in [0.05, 0.1) is 5.69 Å². The van der Waals surface area contributed by atoms with Gasteiger partial charge in [0.1, 0.15) is 9.75 Å². The van der Waals surface area contributed by atoms with Crippen molar-refractivity contribution in [2.24, 2.45) is 0 Å². The van der Waals surface area contributed by atoms with Crippen LogP contribution in [0.2, 0.25) is 0 Å². The molecule has 0 saturated carbocycles. The zero-order valence-electron chi connectivity index (χ0n) is 13.0. The molecule has 0 aliphatic carbocycles. The van der Waals surface area contributed by atoms with Gasteiger partial charge in [0, 0.05) is 17.2 Å². The lowest BCUT2D eigenvalue weighted by Crippen LogP contribution is -2.27. The van der Waals surface area contributed by atoms with Crippen molar-refractivity contribution in [3.63, 3.8) is 0 Å². The lowest BCUT2D eigenvalue weighted by atomic mass is 10.0. The lowest BCUT2D eigenvalue weighted by molar-refractivity contribution is 0.560. The highest BCUT2D eigenvalue weighted by Crippen LogP contribution is 2.34. The number of thiazole rings is 1. The van der Waals surface area contributed by atoms with E-state index in [0.717, 1.165) is 11.3 Å². The Labute approximate surface area is 131 Å². The van der Waals surface area contributed by atoms with Gasteiger partial charge in [0.15, 0.2) is 9.84 Å². The number of hydrogen-bond donors (Lipinski definition) is 0. The topological polar surface area (TPSA) is 47.0 Å². The Balaban J connectivity index is 2.36. The van der Waals surface area contributed by atoms with E-state index in [4.69, 9.17) is 0 Å². The maximum absolute atomic E-state index is 11.9. The van der Waals surface area contributed by atoms with Gasteiger partial charge < -0.3 is 0 Å². The van der Waals surface area contributed by atoms with Crippen LogP contribution in [0.3, 0.4) is 0 Å². The second-order valence-corrected chi connectivity index (χ2v) is 9.52. The summed E-state index contributed by atoms with van der Waals surface area (Å²) in [5, 5.41) is 2.56. The van der Waals surface area contributed by atoms with Crippen LogP contribution in [-0.4, -0.2) is 19.7 Å². The minimum atomic E-state index is -3.19. The Kier molecular flexibility index (Phi) is 4.26. The van der Waals surface area contributed by atoms with Crippen LogP contribution in [0.4, 0.5) is 0 Å². The maximum atomic E-state index is 11.9. The molecule has 5 heteroatoms.